The van der Waals surface area contributed by atoms with Gasteiger partial charge in [0.05, 0.1) is 17.7 Å². The lowest BCUT2D eigenvalue weighted by molar-refractivity contribution is 0.0825. The van der Waals surface area contributed by atoms with Crippen molar-refractivity contribution >= 4 is 17.6 Å². The largest absolute Gasteiger partial charge is 0.383 e. The van der Waals surface area contributed by atoms with Crippen LogP contribution in [0.5, 0.6) is 0 Å². The number of nitrogens with two attached hydrogens (primary N) is 2. The molecule has 1 fully saturated rings. The number of rotatable bonds is 7. The zero-order chi connectivity index (χ0) is 20.5. The predicted octanol–water partition coefficient (Wildman–Crippen LogP) is 1.73. The Morgan fingerprint density at radius 2 is 2.11 bits per heavy atom. The molecule has 1 aliphatic rings. The first kappa shape index (κ1) is 21.5. The maximum Gasteiger partial charge on any atom is 0.267 e. The molecule has 1 aromatic heterocycles. The van der Waals surface area contributed by atoms with Gasteiger partial charge in [0, 0.05) is 19.3 Å². The average Bonchev–Trinajstić information content (AvgIpc) is 3.20. The normalized spacial score (nSPS) is 16.4. The van der Waals surface area contributed by atoms with Crippen molar-refractivity contribution in [3.8, 4) is 0 Å². The molecule has 10 heteroatoms. The van der Waals surface area contributed by atoms with E-state index in [1.54, 1.807) is 6.92 Å². The lowest BCUT2D eigenvalue weighted by Gasteiger charge is -2.16. The van der Waals surface area contributed by atoms with Crippen molar-refractivity contribution in [3.05, 3.63) is 47.2 Å². The van der Waals surface area contributed by atoms with E-state index in [1.165, 1.54) is 18.3 Å². The number of amidine groups is 1. The van der Waals surface area contributed by atoms with Crippen LogP contribution < -0.4 is 22.4 Å². The molecule has 28 heavy (non-hydrogen) atoms. The molecule has 0 aliphatic carbocycles. The maximum atomic E-state index is 13.8. The van der Waals surface area contributed by atoms with Crippen molar-refractivity contribution in [1.82, 2.24) is 20.8 Å². The number of nitrogen functional groups attached to an aromatic ring is 1. The minimum absolute atomic E-state index is 0.0109. The third kappa shape index (κ3) is 5.83. The standard InChI is InChI=1S/C18H25F2N7O/c1-2-3-6-14(19)15(20)11-24-17(25-22)13-9-12(10-23-16(13)21)18(28)26-27-7-4-5-8-27/h3,6,9-10H,2,4-5,7-8,11,22H2,1H3,(H2,21,23)(H,24,25)(H,26,28)/b6-3-,15-14-. The number of hydrogen-bond acceptors (Lipinski definition) is 6. The van der Waals surface area contributed by atoms with Crippen LogP contribution in [0, 0.1) is 0 Å². The van der Waals surface area contributed by atoms with E-state index < -0.39 is 18.2 Å². The average molecular weight is 393 g/mol. The molecule has 6 N–H and O–H groups in total. The van der Waals surface area contributed by atoms with Crippen molar-refractivity contribution in [2.24, 2.45) is 10.8 Å². The van der Waals surface area contributed by atoms with Crippen LogP contribution in [0.1, 0.15) is 42.1 Å². The number of aliphatic imine (C=N–C) groups is 1. The highest BCUT2D eigenvalue weighted by molar-refractivity contribution is 6.04. The van der Waals surface area contributed by atoms with Gasteiger partial charge in [-0.25, -0.2) is 24.6 Å². The summed E-state index contributed by atoms with van der Waals surface area (Å²) in [5.74, 6) is 3.08. The molecule has 1 aromatic rings. The molecule has 0 atom stereocenters. The van der Waals surface area contributed by atoms with E-state index in [1.807, 2.05) is 5.01 Å². The molecule has 0 unspecified atom stereocenters. The molecule has 1 aliphatic heterocycles. The van der Waals surface area contributed by atoms with Crippen LogP contribution in [0.3, 0.4) is 0 Å². The first-order valence-corrected chi connectivity index (χ1v) is 8.99. The Morgan fingerprint density at radius 1 is 1.39 bits per heavy atom. The number of aromatic nitrogens is 1. The van der Waals surface area contributed by atoms with Gasteiger partial charge in [-0.1, -0.05) is 13.0 Å². The smallest absolute Gasteiger partial charge is 0.267 e. The molecule has 8 nitrogen and oxygen atoms in total. The molecule has 152 valence electrons. The molecule has 0 bridgehead atoms. The lowest BCUT2D eigenvalue weighted by atomic mass is 10.1. The van der Waals surface area contributed by atoms with E-state index >= 15 is 0 Å². The molecule has 1 amide bonds. The number of carbonyl (C=O) groups is 1. The minimum atomic E-state index is -1.05. The number of hydrogen-bond donors (Lipinski definition) is 4. The molecule has 1 saturated heterocycles. The fraction of sp³-hybridized carbons (Fsp3) is 0.389. The molecule has 2 rings (SSSR count). The number of hydrazine groups is 2. The van der Waals surface area contributed by atoms with Crippen LogP contribution in [-0.4, -0.2) is 41.4 Å². The number of pyridine rings is 1. The third-order valence-corrected chi connectivity index (χ3v) is 4.07. The summed E-state index contributed by atoms with van der Waals surface area (Å²) in [5.41, 5.74) is 11.4. The predicted molar refractivity (Wildman–Crippen MR) is 104 cm³/mol. The zero-order valence-corrected chi connectivity index (χ0v) is 15.7. The second kappa shape index (κ2) is 10.5. The van der Waals surface area contributed by atoms with Gasteiger partial charge in [0.2, 0.25) is 0 Å². The first-order chi connectivity index (χ1) is 13.5. The van der Waals surface area contributed by atoms with Crippen molar-refractivity contribution in [1.29, 1.82) is 0 Å². The third-order valence-electron chi connectivity index (χ3n) is 4.07. The van der Waals surface area contributed by atoms with E-state index in [0.717, 1.165) is 32.0 Å². The van der Waals surface area contributed by atoms with Crippen LogP contribution in [0.15, 0.2) is 41.1 Å². The van der Waals surface area contributed by atoms with Crippen LogP contribution in [-0.2, 0) is 0 Å². The lowest BCUT2D eigenvalue weighted by Crippen LogP contribution is -2.40. The minimum Gasteiger partial charge on any atom is -0.383 e. The van der Waals surface area contributed by atoms with E-state index in [9.17, 15) is 13.6 Å². The fourth-order valence-corrected chi connectivity index (χ4v) is 2.57. The number of carbonyl (C=O) groups excluding carboxylic acids is 1. The van der Waals surface area contributed by atoms with Gasteiger partial charge in [-0.2, -0.15) is 0 Å². The highest BCUT2D eigenvalue weighted by Crippen LogP contribution is 2.15. The van der Waals surface area contributed by atoms with Gasteiger partial charge >= 0.3 is 0 Å². The van der Waals surface area contributed by atoms with Crippen molar-refractivity contribution < 1.29 is 13.6 Å². The van der Waals surface area contributed by atoms with Gasteiger partial charge in [-0.05, 0) is 31.4 Å². The summed E-state index contributed by atoms with van der Waals surface area (Å²) >= 11 is 0. The van der Waals surface area contributed by atoms with Crippen molar-refractivity contribution in [2.45, 2.75) is 26.2 Å². The SMILES string of the molecule is CC/C=C\C(F)=C(\F)CN=C(NN)c1cc(C(=O)NN2CCCC2)cnc1N. The van der Waals surface area contributed by atoms with Gasteiger partial charge < -0.3 is 11.2 Å². The highest BCUT2D eigenvalue weighted by Gasteiger charge is 2.18. The summed E-state index contributed by atoms with van der Waals surface area (Å²) in [6, 6.07) is 1.45. The molecule has 0 spiro atoms. The summed E-state index contributed by atoms with van der Waals surface area (Å²) in [7, 11) is 0. The van der Waals surface area contributed by atoms with Crippen molar-refractivity contribution in [2.75, 3.05) is 25.4 Å². The molecule has 0 radical (unpaired) electrons. The second-order valence-electron chi connectivity index (χ2n) is 6.16. The van der Waals surface area contributed by atoms with Gasteiger partial charge in [0.1, 0.15) is 11.7 Å². The summed E-state index contributed by atoms with van der Waals surface area (Å²) in [4.78, 5) is 20.3. The van der Waals surface area contributed by atoms with Gasteiger partial charge in [0.15, 0.2) is 11.7 Å². The van der Waals surface area contributed by atoms with Crippen LogP contribution in [0.25, 0.3) is 0 Å². The second-order valence-corrected chi connectivity index (χ2v) is 6.16. The maximum absolute atomic E-state index is 13.8. The summed E-state index contributed by atoms with van der Waals surface area (Å²) in [5, 5.41) is 1.82. The molecular formula is C18H25F2N7O. The summed E-state index contributed by atoms with van der Waals surface area (Å²) in [6.07, 6.45) is 6.47. The van der Waals surface area contributed by atoms with E-state index in [4.69, 9.17) is 11.6 Å². The number of allylic oxidation sites excluding steroid dienone is 3. The topological polar surface area (TPSA) is 122 Å². The number of nitrogens with one attached hydrogen (secondary N) is 2. The van der Waals surface area contributed by atoms with Crippen molar-refractivity contribution in [3.63, 3.8) is 0 Å². The number of anilines is 1. The molecule has 2 heterocycles. The van der Waals surface area contributed by atoms with Crippen LogP contribution >= 0.6 is 0 Å². The fourth-order valence-electron chi connectivity index (χ4n) is 2.57. The van der Waals surface area contributed by atoms with E-state index in [0.29, 0.717) is 6.42 Å². The Kier molecular flexibility index (Phi) is 8.02. The van der Waals surface area contributed by atoms with Crippen LogP contribution in [0.4, 0.5) is 14.6 Å². The van der Waals surface area contributed by atoms with Gasteiger partial charge in [-0.15, -0.1) is 0 Å². The number of halogens is 2. The number of nitrogens with zero attached hydrogens (tertiary/aromatic N) is 3. The summed E-state index contributed by atoms with van der Waals surface area (Å²) < 4.78 is 27.4. The zero-order valence-electron chi connectivity index (χ0n) is 15.7. The Bertz CT molecular complexity index is 786. The Labute approximate surface area is 162 Å². The van der Waals surface area contributed by atoms with E-state index in [-0.39, 0.29) is 28.7 Å². The van der Waals surface area contributed by atoms with E-state index in [2.05, 4.69) is 20.8 Å². The highest BCUT2D eigenvalue weighted by atomic mass is 19.2. The monoisotopic (exact) mass is 393 g/mol. The van der Waals surface area contributed by atoms with Crippen LogP contribution in [0.2, 0.25) is 0 Å². The molecular weight excluding hydrogens is 368 g/mol. The summed E-state index contributed by atoms with van der Waals surface area (Å²) in [6.45, 7) is 2.78. The number of amides is 1. The quantitative estimate of drug-likeness (QED) is 0.184. The molecule has 0 aromatic carbocycles. The first-order valence-electron chi connectivity index (χ1n) is 8.99. The van der Waals surface area contributed by atoms with Gasteiger partial charge in [-0.3, -0.25) is 15.2 Å². The Hall–Kier alpha value is -2.85. The molecule has 0 saturated carbocycles. The Morgan fingerprint density at radius 3 is 2.75 bits per heavy atom. The van der Waals surface area contributed by atoms with Gasteiger partial charge in [0.25, 0.3) is 5.91 Å². The Balaban J connectivity index is 2.20.